The van der Waals surface area contributed by atoms with Gasteiger partial charge in [-0.2, -0.15) is 0 Å². The zero-order valence-corrected chi connectivity index (χ0v) is 15.6. The van der Waals surface area contributed by atoms with Crippen LogP contribution < -0.4 is 5.32 Å². The van der Waals surface area contributed by atoms with Crippen molar-refractivity contribution in [1.82, 2.24) is 15.1 Å². The fraction of sp³-hybridized carbons (Fsp3) is 0.556. The molecule has 1 heterocycles. The first-order chi connectivity index (χ1) is 11.2. The number of carbonyl (C=O) groups excluding carboxylic acids is 2. The number of piperazine rings is 1. The Bertz CT molecular complexity index is 587. The van der Waals surface area contributed by atoms with Crippen molar-refractivity contribution >= 4 is 23.4 Å². The van der Waals surface area contributed by atoms with Gasteiger partial charge in [0, 0.05) is 42.3 Å². The topological polar surface area (TPSA) is 52.7 Å². The summed E-state index contributed by atoms with van der Waals surface area (Å²) in [5.74, 6) is 0.0399. The van der Waals surface area contributed by atoms with Gasteiger partial charge >= 0.3 is 0 Å². The summed E-state index contributed by atoms with van der Waals surface area (Å²) in [6, 6.07) is 6.75. The van der Waals surface area contributed by atoms with E-state index in [4.69, 9.17) is 11.6 Å². The van der Waals surface area contributed by atoms with Gasteiger partial charge in [0.05, 0.1) is 6.04 Å². The maximum Gasteiger partial charge on any atom is 0.253 e. The number of amides is 2. The lowest BCUT2D eigenvalue weighted by molar-refractivity contribution is -0.127. The molecule has 1 N–H and O–H groups in total. The summed E-state index contributed by atoms with van der Waals surface area (Å²) < 4.78 is 0. The third kappa shape index (κ3) is 4.95. The summed E-state index contributed by atoms with van der Waals surface area (Å²) in [5.41, 5.74) is 0.406. The molecule has 1 unspecified atom stereocenters. The summed E-state index contributed by atoms with van der Waals surface area (Å²) in [7, 11) is 0. The van der Waals surface area contributed by atoms with Crippen LogP contribution in [0.1, 0.15) is 38.1 Å². The van der Waals surface area contributed by atoms with E-state index in [1.807, 2.05) is 32.6 Å². The van der Waals surface area contributed by atoms with Gasteiger partial charge in [-0.25, -0.2) is 0 Å². The fourth-order valence-electron chi connectivity index (χ4n) is 2.73. The van der Waals surface area contributed by atoms with Gasteiger partial charge in [-0.05, 0) is 52.0 Å². The van der Waals surface area contributed by atoms with Gasteiger partial charge in [0.1, 0.15) is 0 Å². The zero-order chi connectivity index (χ0) is 17.9. The number of rotatable bonds is 3. The van der Waals surface area contributed by atoms with Crippen LogP contribution in [0.15, 0.2) is 24.3 Å². The molecule has 1 aliphatic heterocycles. The van der Waals surface area contributed by atoms with E-state index in [0.717, 1.165) is 0 Å². The van der Waals surface area contributed by atoms with E-state index in [1.54, 1.807) is 24.3 Å². The molecule has 2 amide bonds. The third-order valence-corrected chi connectivity index (χ3v) is 4.37. The highest BCUT2D eigenvalue weighted by Gasteiger charge is 2.29. The molecule has 1 atom stereocenters. The number of benzene rings is 1. The first-order valence-corrected chi connectivity index (χ1v) is 8.66. The number of halogens is 1. The number of carbonyl (C=O) groups is 2. The van der Waals surface area contributed by atoms with Crippen molar-refractivity contribution in [3.8, 4) is 0 Å². The second-order valence-electron chi connectivity index (χ2n) is 7.25. The Morgan fingerprint density at radius 3 is 2.12 bits per heavy atom. The quantitative estimate of drug-likeness (QED) is 0.909. The molecule has 1 aromatic rings. The minimum absolute atomic E-state index is 0.0121. The van der Waals surface area contributed by atoms with Crippen LogP contribution >= 0.6 is 11.6 Å². The molecule has 2 rings (SSSR count). The first-order valence-electron chi connectivity index (χ1n) is 8.28. The summed E-state index contributed by atoms with van der Waals surface area (Å²) in [6.07, 6.45) is 0. The number of nitrogens with zero attached hydrogens (tertiary/aromatic N) is 2. The maximum atomic E-state index is 12.5. The second-order valence-corrected chi connectivity index (χ2v) is 7.69. The lowest BCUT2D eigenvalue weighted by Gasteiger charge is -2.38. The van der Waals surface area contributed by atoms with Crippen LogP contribution in [-0.4, -0.2) is 59.4 Å². The van der Waals surface area contributed by atoms with Crippen molar-refractivity contribution in [2.24, 2.45) is 0 Å². The van der Waals surface area contributed by atoms with Crippen LogP contribution in [0.3, 0.4) is 0 Å². The van der Waals surface area contributed by atoms with Gasteiger partial charge in [-0.3, -0.25) is 14.5 Å². The lowest BCUT2D eigenvalue weighted by atomic mass is 10.1. The highest BCUT2D eigenvalue weighted by atomic mass is 35.5. The number of hydrogen-bond acceptors (Lipinski definition) is 3. The minimum Gasteiger partial charge on any atom is -0.350 e. The average Bonchev–Trinajstić information content (AvgIpc) is 2.53. The molecule has 0 bridgehead atoms. The van der Waals surface area contributed by atoms with Gasteiger partial charge in [0.25, 0.3) is 5.91 Å². The lowest BCUT2D eigenvalue weighted by Crippen LogP contribution is -2.56. The molecule has 132 valence electrons. The number of hydrogen-bond donors (Lipinski definition) is 1. The molecule has 1 saturated heterocycles. The third-order valence-electron chi connectivity index (χ3n) is 4.12. The van der Waals surface area contributed by atoms with Crippen molar-refractivity contribution in [2.75, 3.05) is 26.2 Å². The normalized spacial score (nSPS) is 17.5. The van der Waals surface area contributed by atoms with Crippen molar-refractivity contribution in [3.63, 3.8) is 0 Å². The fourth-order valence-corrected chi connectivity index (χ4v) is 2.85. The van der Waals surface area contributed by atoms with Crippen LogP contribution in [0.4, 0.5) is 0 Å². The summed E-state index contributed by atoms with van der Waals surface area (Å²) in [5, 5.41) is 3.63. The predicted molar refractivity (Wildman–Crippen MR) is 96.3 cm³/mol. The first kappa shape index (κ1) is 18.7. The van der Waals surface area contributed by atoms with Crippen LogP contribution in [0.5, 0.6) is 0 Å². The predicted octanol–water partition coefficient (Wildman–Crippen LogP) is 2.40. The Labute approximate surface area is 149 Å². The van der Waals surface area contributed by atoms with Gasteiger partial charge in [-0.15, -0.1) is 0 Å². The molecular formula is C18H26ClN3O2. The average molecular weight is 352 g/mol. The molecule has 0 aromatic heterocycles. The van der Waals surface area contributed by atoms with E-state index in [9.17, 15) is 9.59 Å². The summed E-state index contributed by atoms with van der Waals surface area (Å²) in [6.45, 7) is 10.5. The van der Waals surface area contributed by atoms with Crippen LogP contribution in [0.2, 0.25) is 5.02 Å². The molecule has 0 radical (unpaired) electrons. The van der Waals surface area contributed by atoms with Gasteiger partial charge < -0.3 is 10.2 Å². The molecule has 1 fully saturated rings. The molecule has 0 saturated carbocycles. The highest BCUT2D eigenvalue weighted by molar-refractivity contribution is 6.30. The summed E-state index contributed by atoms with van der Waals surface area (Å²) in [4.78, 5) is 28.7. The van der Waals surface area contributed by atoms with Gasteiger partial charge in [0.15, 0.2) is 0 Å². The standard InChI is InChI=1S/C18H26ClN3O2/c1-13(16(23)20-18(2,3)4)21-9-11-22(12-10-21)17(24)14-5-7-15(19)8-6-14/h5-8,13H,9-12H2,1-4H3,(H,20,23). The Balaban J connectivity index is 1.90. The Hall–Kier alpha value is -1.59. The SMILES string of the molecule is CC(C(=O)NC(C)(C)C)N1CCN(C(=O)c2ccc(Cl)cc2)CC1. The van der Waals surface area contributed by atoms with Crippen molar-refractivity contribution in [1.29, 1.82) is 0 Å². The Kier molecular flexibility index (Phi) is 5.88. The second kappa shape index (κ2) is 7.53. The molecule has 1 aliphatic rings. The maximum absolute atomic E-state index is 12.5. The Morgan fingerprint density at radius 1 is 1.08 bits per heavy atom. The molecule has 1 aromatic carbocycles. The van der Waals surface area contributed by atoms with E-state index in [0.29, 0.717) is 36.8 Å². The smallest absolute Gasteiger partial charge is 0.253 e. The van der Waals surface area contributed by atoms with Crippen LogP contribution in [0.25, 0.3) is 0 Å². The van der Waals surface area contributed by atoms with Crippen LogP contribution in [0, 0.1) is 0 Å². The van der Waals surface area contributed by atoms with Gasteiger partial charge in [0.2, 0.25) is 5.91 Å². The highest BCUT2D eigenvalue weighted by Crippen LogP contribution is 2.14. The van der Waals surface area contributed by atoms with Crippen molar-refractivity contribution in [3.05, 3.63) is 34.9 Å². The number of nitrogens with one attached hydrogen (secondary N) is 1. The van der Waals surface area contributed by atoms with Gasteiger partial charge in [-0.1, -0.05) is 11.6 Å². The van der Waals surface area contributed by atoms with E-state index < -0.39 is 0 Å². The Morgan fingerprint density at radius 2 is 1.62 bits per heavy atom. The van der Waals surface area contributed by atoms with Crippen LogP contribution in [-0.2, 0) is 4.79 Å². The molecular weight excluding hydrogens is 326 g/mol. The monoisotopic (exact) mass is 351 g/mol. The van der Waals surface area contributed by atoms with E-state index in [2.05, 4.69) is 10.2 Å². The molecule has 0 spiro atoms. The van der Waals surface area contributed by atoms with E-state index in [-0.39, 0.29) is 23.4 Å². The van der Waals surface area contributed by atoms with Crippen molar-refractivity contribution in [2.45, 2.75) is 39.3 Å². The molecule has 0 aliphatic carbocycles. The largest absolute Gasteiger partial charge is 0.350 e. The molecule has 5 nitrogen and oxygen atoms in total. The molecule has 24 heavy (non-hydrogen) atoms. The van der Waals surface area contributed by atoms with Crippen molar-refractivity contribution < 1.29 is 9.59 Å². The summed E-state index contributed by atoms with van der Waals surface area (Å²) >= 11 is 5.86. The zero-order valence-electron chi connectivity index (χ0n) is 14.8. The van der Waals surface area contributed by atoms with E-state index >= 15 is 0 Å². The van der Waals surface area contributed by atoms with E-state index in [1.165, 1.54) is 0 Å². The molecule has 6 heteroatoms. The minimum atomic E-state index is -0.238.